The van der Waals surface area contributed by atoms with E-state index in [0.717, 1.165) is 30.4 Å². The van der Waals surface area contributed by atoms with E-state index in [4.69, 9.17) is 14.2 Å². The lowest BCUT2D eigenvalue weighted by Gasteiger charge is -2.27. The maximum Gasteiger partial charge on any atom is 0.331 e. The van der Waals surface area contributed by atoms with Gasteiger partial charge >= 0.3 is 5.97 Å². The van der Waals surface area contributed by atoms with Gasteiger partial charge in [-0.2, -0.15) is 0 Å². The highest BCUT2D eigenvalue weighted by molar-refractivity contribution is 5.90. The molecule has 31 heavy (non-hydrogen) atoms. The van der Waals surface area contributed by atoms with Gasteiger partial charge in [0.1, 0.15) is 0 Å². The van der Waals surface area contributed by atoms with E-state index in [-0.39, 0.29) is 11.9 Å². The zero-order chi connectivity index (χ0) is 22.2. The van der Waals surface area contributed by atoms with Crippen LogP contribution < -0.4 is 14.8 Å². The maximum absolute atomic E-state index is 12.6. The Balaban J connectivity index is 1.56. The third-order valence-corrected chi connectivity index (χ3v) is 5.25. The van der Waals surface area contributed by atoms with Gasteiger partial charge in [-0.05, 0) is 68.0 Å². The molecule has 6 heteroatoms. The Morgan fingerprint density at radius 2 is 2.00 bits per heavy atom. The second kappa shape index (κ2) is 10.7. The highest BCUT2D eigenvalue weighted by Crippen LogP contribution is 2.30. The number of fused-ring (bicyclic) bond motifs is 1. The van der Waals surface area contributed by atoms with Crippen LogP contribution in [0.1, 0.15) is 49.4 Å². The molecule has 1 amide bonds. The molecule has 1 N–H and O–H groups in total. The molecule has 0 radical (unpaired) electrons. The topological polar surface area (TPSA) is 73.9 Å². The SMILES string of the molecule is CCOc1ccc(/C=C/C(=O)O[C@H](C)C(=O)N[C@H]2CCCc3ccccc32)cc1OC. The van der Waals surface area contributed by atoms with Crippen molar-refractivity contribution in [3.8, 4) is 11.5 Å². The van der Waals surface area contributed by atoms with Crippen molar-refractivity contribution in [2.45, 2.75) is 45.3 Å². The molecule has 2 aromatic carbocycles. The summed E-state index contributed by atoms with van der Waals surface area (Å²) in [4.78, 5) is 24.8. The number of nitrogens with one attached hydrogen (secondary N) is 1. The lowest BCUT2D eigenvalue weighted by Crippen LogP contribution is -2.39. The number of ether oxygens (including phenoxy) is 3. The Bertz CT molecular complexity index is 953. The van der Waals surface area contributed by atoms with Crippen LogP contribution in [0.2, 0.25) is 0 Å². The Morgan fingerprint density at radius 3 is 2.77 bits per heavy atom. The van der Waals surface area contributed by atoms with Crippen LogP contribution in [0.5, 0.6) is 11.5 Å². The summed E-state index contributed by atoms with van der Waals surface area (Å²) in [6.45, 7) is 4.01. The first-order valence-corrected chi connectivity index (χ1v) is 10.6. The average Bonchev–Trinajstić information content (AvgIpc) is 2.78. The Kier molecular flexibility index (Phi) is 7.70. The number of aryl methyl sites for hydroxylation is 1. The molecule has 0 heterocycles. The van der Waals surface area contributed by atoms with E-state index in [1.54, 1.807) is 32.2 Å². The third-order valence-electron chi connectivity index (χ3n) is 5.25. The molecular weight excluding hydrogens is 394 g/mol. The van der Waals surface area contributed by atoms with Gasteiger partial charge in [0.05, 0.1) is 19.8 Å². The standard InChI is InChI=1S/C25H29NO5/c1-4-30-22-14-12-18(16-23(22)29-3)13-15-24(27)31-17(2)25(28)26-21-11-7-9-19-8-5-6-10-20(19)21/h5-6,8,10,12-17,21H,4,7,9,11H2,1-3H3,(H,26,28)/b15-13+/t17-,21+/m1/s1. The Hall–Kier alpha value is -3.28. The van der Waals surface area contributed by atoms with Gasteiger partial charge in [-0.3, -0.25) is 4.79 Å². The van der Waals surface area contributed by atoms with E-state index in [1.165, 1.54) is 11.6 Å². The van der Waals surface area contributed by atoms with E-state index in [0.29, 0.717) is 18.1 Å². The van der Waals surface area contributed by atoms with Gasteiger partial charge in [0.15, 0.2) is 17.6 Å². The summed E-state index contributed by atoms with van der Waals surface area (Å²) in [6.07, 6.45) is 4.94. The van der Waals surface area contributed by atoms with Crippen LogP contribution in [-0.2, 0) is 20.7 Å². The number of esters is 1. The van der Waals surface area contributed by atoms with Gasteiger partial charge in [0.2, 0.25) is 0 Å². The van der Waals surface area contributed by atoms with E-state index in [1.807, 2.05) is 31.2 Å². The van der Waals surface area contributed by atoms with Crippen molar-refractivity contribution in [2.75, 3.05) is 13.7 Å². The van der Waals surface area contributed by atoms with Gasteiger partial charge in [0, 0.05) is 6.08 Å². The van der Waals surface area contributed by atoms with Crippen LogP contribution in [-0.4, -0.2) is 31.7 Å². The second-order valence-electron chi connectivity index (χ2n) is 7.41. The Labute approximate surface area is 183 Å². The van der Waals surface area contributed by atoms with Gasteiger partial charge in [-0.1, -0.05) is 30.3 Å². The fourth-order valence-corrected chi connectivity index (χ4v) is 3.69. The van der Waals surface area contributed by atoms with Crippen molar-refractivity contribution in [2.24, 2.45) is 0 Å². The van der Waals surface area contributed by atoms with Crippen molar-refractivity contribution in [3.05, 3.63) is 65.2 Å². The first-order chi connectivity index (χ1) is 15.0. The maximum atomic E-state index is 12.6. The van der Waals surface area contributed by atoms with Crippen LogP contribution in [0.4, 0.5) is 0 Å². The molecule has 0 saturated carbocycles. The van der Waals surface area contributed by atoms with E-state index >= 15 is 0 Å². The van der Waals surface area contributed by atoms with Gasteiger partial charge in [0.25, 0.3) is 5.91 Å². The summed E-state index contributed by atoms with van der Waals surface area (Å²) >= 11 is 0. The van der Waals surface area contributed by atoms with Crippen molar-refractivity contribution in [3.63, 3.8) is 0 Å². The molecule has 0 unspecified atom stereocenters. The molecule has 0 spiro atoms. The molecule has 3 rings (SSSR count). The summed E-state index contributed by atoms with van der Waals surface area (Å²) in [7, 11) is 1.56. The number of hydrogen-bond acceptors (Lipinski definition) is 5. The normalized spacial score (nSPS) is 16.3. The quantitative estimate of drug-likeness (QED) is 0.508. The molecule has 0 aromatic heterocycles. The molecule has 0 bridgehead atoms. The van der Waals surface area contributed by atoms with Gasteiger partial charge in [-0.15, -0.1) is 0 Å². The number of benzene rings is 2. The molecule has 0 saturated heterocycles. The highest BCUT2D eigenvalue weighted by atomic mass is 16.5. The summed E-state index contributed by atoms with van der Waals surface area (Å²) in [5, 5.41) is 3.02. The lowest BCUT2D eigenvalue weighted by molar-refractivity contribution is -0.150. The molecule has 2 atom stereocenters. The third kappa shape index (κ3) is 5.87. The molecule has 0 aliphatic heterocycles. The monoisotopic (exact) mass is 423 g/mol. The first-order valence-electron chi connectivity index (χ1n) is 10.6. The fourth-order valence-electron chi connectivity index (χ4n) is 3.69. The van der Waals surface area contributed by atoms with Crippen LogP contribution in [0.15, 0.2) is 48.5 Å². The molecule has 0 fully saturated rings. The average molecular weight is 424 g/mol. The van der Waals surface area contributed by atoms with Crippen molar-refractivity contribution < 1.29 is 23.8 Å². The largest absolute Gasteiger partial charge is 0.493 e. The Morgan fingerprint density at radius 1 is 1.19 bits per heavy atom. The number of carbonyl (C=O) groups excluding carboxylic acids is 2. The van der Waals surface area contributed by atoms with Gasteiger partial charge in [-0.25, -0.2) is 4.79 Å². The van der Waals surface area contributed by atoms with Crippen LogP contribution in [0, 0.1) is 0 Å². The number of methoxy groups -OCH3 is 1. The van der Waals surface area contributed by atoms with Gasteiger partial charge < -0.3 is 19.5 Å². The number of rotatable bonds is 8. The van der Waals surface area contributed by atoms with Crippen molar-refractivity contribution in [1.29, 1.82) is 0 Å². The van der Waals surface area contributed by atoms with Crippen molar-refractivity contribution in [1.82, 2.24) is 5.32 Å². The van der Waals surface area contributed by atoms with E-state index in [9.17, 15) is 9.59 Å². The predicted octanol–water partition coefficient (Wildman–Crippen LogP) is 4.23. The molecule has 2 aromatic rings. The minimum absolute atomic E-state index is 0.0505. The minimum Gasteiger partial charge on any atom is -0.493 e. The minimum atomic E-state index is -0.888. The predicted molar refractivity (Wildman–Crippen MR) is 119 cm³/mol. The summed E-state index contributed by atoms with van der Waals surface area (Å²) in [6, 6.07) is 13.4. The first kappa shape index (κ1) is 22.4. The molecular formula is C25H29NO5. The lowest BCUT2D eigenvalue weighted by atomic mass is 9.87. The van der Waals surface area contributed by atoms with Crippen LogP contribution in [0.25, 0.3) is 6.08 Å². The molecule has 1 aliphatic carbocycles. The fraction of sp³-hybridized carbons (Fsp3) is 0.360. The number of amides is 1. The molecule has 1 aliphatic rings. The van der Waals surface area contributed by atoms with Crippen LogP contribution >= 0.6 is 0 Å². The van der Waals surface area contributed by atoms with Crippen molar-refractivity contribution >= 4 is 18.0 Å². The number of carbonyl (C=O) groups is 2. The zero-order valence-electron chi connectivity index (χ0n) is 18.2. The molecule has 6 nitrogen and oxygen atoms in total. The molecule has 164 valence electrons. The van der Waals surface area contributed by atoms with E-state index < -0.39 is 12.1 Å². The highest BCUT2D eigenvalue weighted by Gasteiger charge is 2.24. The summed E-state index contributed by atoms with van der Waals surface area (Å²) in [5.41, 5.74) is 3.16. The zero-order valence-corrected chi connectivity index (χ0v) is 18.2. The smallest absolute Gasteiger partial charge is 0.331 e. The summed E-state index contributed by atoms with van der Waals surface area (Å²) in [5.74, 6) is 0.336. The van der Waals surface area contributed by atoms with Crippen LogP contribution in [0.3, 0.4) is 0 Å². The summed E-state index contributed by atoms with van der Waals surface area (Å²) < 4.78 is 16.1. The number of hydrogen-bond donors (Lipinski definition) is 1. The van der Waals surface area contributed by atoms with E-state index in [2.05, 4.69) is 11.4 Å². The second-order valence-corrected chi connectivity index (χ2v) is 7.41.